The molecular weight excluding hydrogens is 216 g/mol. The van der Waals surface area contributed by atoms with Gasteiger partial charge in [0.05, 0.1) is 5.92 Å². The molecule has 0 aromatic rings. The van der Waals surface area contributed by atoms with Gasteiger partial charge in [-0.15, -0.1) is 0 Å². The molecule has 2 fully saturated rings. The Morgan fingerprint density at radius 3 is 2.53 bits per heavy atom. The molecule has 0 aromatic carbocycles. The van der Waals surface area contributed by atoms with Gasteiger partial charge in [0.15, 0.2) is 0 Å². The fourth-order valence-corrected chi connectivity index (χ4v) is 2.47. The van der Waals surface area contributed by atoms with Crippen LogP contribution in [-0.2, 0) is 9.53 Å². The monoisotopic (exact) mass is 240 g/mol. The quantitative estimate of drug-likeness (QED) is 0.732. The summed E-state index contributed by atoms with van der Waals surface area (Å²) in [6.45, 7) is 9.93. The molecule has 17 heavy (non-hydrogen) atoms. The molecule has 0 spiro atoms. The summed E-state index contributed by atoms with van der Waals surface area (Å²) in [7, 11) is 0. The van der Waals surface area contributed by atoms with Crippen LogP contribution in [0, 0.1) is 5.92 Å². The van der Waals surface area contributed by atoms with Crippen LogP contribution in [-0.4, -0.2) is 48.7 Å². The molecule has 0 aliphatic carbocycles. The van der Waals surface area contributed by atoms with Gasteiger partial charge in [-0.05, 0) is 46.7 Å². The molecule has 0 bridgehead atoms. The van der Waals surface area contributed by atoms with Gasteiger partial charge >= 0.3 is 5.97 Å². The van der Waals surface area contributed by atoms with Crippen LogP contribution < -0.4 is 5.32 Å². The molecule has 0 radical (unpaired) electrons. The Balaban J connectivity index is 1.85. The number of rotatable bonds is 2. The van der Waals surface area contributed by atoms with Gasteiger partial charge in [0.2, 0.25) is 0 Å². The van der Waals surface area contributed by atoms with E-state index in [2.05, 4.69) is 10.2 Å². The average Bonchev–Trinajstić information content (AvgIpc) is 2.12. The van der Waals surface area contributed by atoms with Crippen LogP contribution >= 0.6 is 0 Å². The summed E-state index contributed by atoms with van der Waals surface area (Å²) >= 11 is 0. The summed E-state index contributed by atoms with van der Waals surface area (Å²) < 4.78 is 5.46. The lowest BCUT2D eigenvalue weighted by Crippen LogP contribution is -2.55. The zero-order valence-corrected chi connectivity index (χ0v) is 11.2. The van der Waals surface area contributed by atoms with Gasteiger partial charge in [-0.2, -0.15) is 0 Å². The maximum atomic E-state index is 12.0. The Labute approximate surface area is 104 Å². The molecule has 0 aromatic heterocycles. The van der Waals surface area contributed by atoms with E-state index in [0.29, 0.717) is 6.04 Å². The maximum Gasteiger partial charge on any atom is 0.310 e. The summed E-state index contributed by atoms with van der Waals surface area (Å²) in [6.07, 6.45) is 2.25. The standard InChI is InChI=1S/C13H24N2O2/c1-13(2,3)17-12(16)10-7-11(9-14-8-10)15-5-4-6-15/h10-11,14H,4-9H2,1-3H3/t10-,11-/m0/s1. The first-order chi connectivity index (χ1) is 7.96. The first kappa shape index (κ1) is 12.8. The first-order valence-corrected chi connectivity index (χ1v) is 6.63. The van der Waals surface area contributed by atoms with E-state index in [1.54, 1.807) is 0 Å². The maximum absolute atomic E-state index is 12.0. The van der Waals surface area contributed by atoms with Crippen molar-refractivity contribution in [3.8, 4) is 0 Å². The number of carbonyl (C=O) groups excluding carboxylic acids is 1. The number of ether oxygens (including phenoxy) is 1. The van der Waals surface area contributed by atoms with Crippen molar-refractivity contribution in [2.75, 3.05) is 26.2 Å². The van der Waals surface area contributed by atoms with Gasteiger partial charge in [-0.25, -0.2) is 0 Å². The molecular formula is C13H24N2O2. The minimum atomic E-state index is -0.374. The molecule has 4 nitrogen and oxygen atoms in total. The Morgan fingerprint density at radius 2 is 2.00 bits per heavy atom. The molecule has 2 rings (SSSR count). The number of nitrogens with zero attached hydrogens (tertiary/aromatic N) is 1. The van der Waals surface area contributed by atoms with Crippen molar-refractivity contribution in [1.82, 2.24) is 10.2 Å². The van der Waals surface area contributed by atoms with Gasteiger partial charge in [0.1, 0.15) is 5.60 Å². The Morgan fingerprint density at radius 1 is 1.29 bits per heavy atom. The minimum Gasteiger partial charge on any atom is -0.460 e. The zero-order valence-electron chi connectivity index (χ0n) is 11.2. The van der Waals surface area contributed by atoms with E-state index < -0.39 is 0 Å². The molecule has 98 valence electrons. The highest BCUT2D eigenvalue weighted by atomic mass is 16.6. The third-order valence-corrected chi connectivity index (χ3v) is 3.47. The van der Waals surface area contributed by atoms with E-state index in [4.69, 9.17) is 4.74 Å². The second kappa shape index (κ2) is 4.94. The Kier molecular flexibility index (Phi) is 3.73. The van der Waals surface area contributed by atoms with Crippen molar-refractivity contribution in [1.29, 1.82) is 0 Å². The highest BCUT2D eigenvalue weighted by Gasteiger charge is 2.34. The van der Waals surface area contributed by atoms with E-state index in [0.717, 1.165) is 19.5 Å². The van der Waals surface area contributed by atoms with Gasteiger partial charge in [-0.3, -0.25) is 9.69 Å². The lowest BCUT2D eigenvalue weighted by atomic mass is 9.93. The van der Waals surface area contributed by atoms with Crippen LogP contribution in [0.15, 0.2) is 0 Å². The highest BCUT2D eigenvalue weighted by Crippen LogP contribution is 2.22. The van der Waals surface area contributed by atoms with Crippen LogP contribution in [0.5, 0.6) is 0 Å². The smallest absolute Gasteiger partial charge is 0.310 e. The normalized spacial score (nSPS) is 30.8. The molecule has 0 saturated carbocycles. The molecule has 2 aliphatic heterocycles. The van der Waals surface area contributed by atoms with Crippen LogP contribution in [0.25, 0.3) is 0 Å². The van der Waals surface area contributed by atoms with E-state index >= 15 is 0 Å². The van der Waals surface area contributed by atoms with Gasteiger partial charge in [0, 0.05) is 19.1 Å². The SMILES string of the molecule is CC(C)(C)OC(=O)[C@@H]1CNC[C@@H](N2CCC2)C1. The van der Waals surface area contributed by atoms with Crippen molar-refractivity contribution in [2.45, 2.75) is 45.3 Å². The van der Waals surface area contributed by atoms with Crippen molar-refractivity contribution >= 4 is 5.97 Å². The van der Waals surface area contributed by atoms with Crippen LogP contribution in [0.3, 0.4) is 0 Å². The third kappa shape index (κ3) is 3.42. The van der Waals surface area contributed by atoms with Crippen molar-refractivity contribution in [3.05, 3.63) is 0 Å². The lowest BCUT2D eigenvalue weighted by molar-refractivity contribution is -0.161. The number of piperidine rings is 1. The number of carbonyl (C=O) groups is 1. The van der Waals surface area contributed by atoms with Crippen molar-refractivity contribution in [3.63, 3.8) is 0 Å². The topological polar surface area (TPSA) is 41.6 Å². The van der Waals surface area contributed by atoms with Crippen LogP contribution in [0.1, 0.15) is 33.6 Å². The Hall–Kier alpha value is -0.610. The second-order valence-corrected chi connectivity index (χ2v) is 6.17. The van der Waals surface area contributed by atoms with Crippen LogP contribution in [0.2, 0.25) is 0 Å². The Bertz CT molecular complexity index is 282. The molecule has 0 unspecified atom stereocenters. The molecule has 1 N–H and O–H groups in total. The minimum absolute atomic E-state index is 0.0218. The second-order valence-electron chi connectivity index (χ2n) is 6.17. The molecule has 2 aliphatic rings. The lowest BCUT2D eigenvalue weighted by Gasteiger charge is -2.42. The van der Waals surface area contributed by atoms with Gasteiger partial charge < -0.3 is 10.1 Å². The molecule has 2 atom stereocenters. The van der Waals surface area contributed by atoms with Crippen molar-refractivity contribution in [2.24, 2.45) is 5.92 Å². The van der Waals surface area contributed by atoms with Gasteiger partial charge in [-0.1, -0.05) is 0 Å². The summed E-state index contributed by atoms with van der Waals surface area (Å²) in [4.78, 5) is 14.5. The molecule has 2 heterocycles. The van der Waals surface area contributed by atoms with E-state index in [1.165, 1.54) is 19.5 Å². The van der Waals surface area contributed by atoms with Crippen LogP contribution in [0.4, 0.5) is 0 Å². The predicted molar refractivity (Wildman–Crippen MR) is 66.8 cm³/mol. The largest absolute Gasteiger partial charge is 0.460 e. The summed E-state index contributed by atoms with van der Waals surface area (Å²) in [5.74, 6) is -0.0243. The van der Waals surface area contributed by atoms with E-state index in [9.17, 15) is 4.79 Å². The zero-order chi connectivity index (χ0) is 12.5. The molecule has 2 saturated heterocycles. The molecule has 0 amide bonds. The van der Waals surface area contributed by atoms with Gasteiger partial charge in [0.25, 0.3) is 0 Å². The van der Waals surface area contributed by atoms with Crippen molar-refractivity contribution < 1.29 is 9.53 Å². The van der Waals surface area contributed by atoms with E-state index in [1.807, 2.05) is 20.8 Å². The van der Waals surface area contributed by atoms with E-state index in [-0.39, 0.29) is 17.5 Å². The number of esters is 1. The predicted octanol–water partition coefficient (Wildman–Crippen LogP) is 1.01. The highest BCUT2D eigenvalue weighted by molar-refractivity contribution is 5.73. The fourth-order valence-electron chi connectivity index (χ4n) is 2.47. The molecule has 4 heteroatoms. The summed E-state index contributed by atoms with van der Waals surface area (Å²) in [5.41, 5.74) is -0.374. The first-order valence-electron chi connectivity index (χ1n) is 6.63. The number of hydrogen-bond acceptors (Lipinski definition) is 4. The number of likely N-dealkylation sites (tertiary alicyclic amines) is 1. The average molecular weight is 240 g/mol. The number of hydrogen-bond donors (Lipinski definition) is 1. The summed E-state index contributed by atoms with van der Waals surface area (Å²) in [5, 5.41) is 3.36. The third-order valence-electron chi connectivity index (χ3n) is 3.47. The fraction of sp³-hybridized carbons (Fsp3) is 0.923. The summed E-state index contributed by atoms with van der Waals surface area (Å²) in [6, 6.07) is 0.523. The number of nitrogens with one attached hydrogen (secondary N) is 1.